The van der Waals surface area contributed by atoms with Gasteiger partial charge in [0.15, 0.2) is 13.2 Å². The molecule has 0 atom stereocenters. The van der Waals surface area contributed by atoms with Crippen LogP contribution < -0.4 is 14.8 Å². The van der Waals surface area contributed by atoms with Crippen LogP contribution in [-0.2, 0) is 14.3 Å². The van der Waals surface area contributed by atoms with Gasteiger partial charge >= 0.3 is 5.97 Å². The van der Waals surface area contributed by atoms with Gasteiger partial charge in [-0.05, 0) is 18.2 Å². The first-order valence-corrected chi connectivity index (χ1v) is 8.85. The molecular weight excluding hydrogens is 433 g/mol. The highest BCUT2D eigenvalue weighted by Gasteiger charge is 2.16. The highest BCUT2D eigenvalue weighted by atomic mass is 35.5. The summed E-state index contributed by atoms with van der Waals surface area (Å²) in [6, 6.07) is 9.07. The van der Waals surface area contributed by atoms with Crippen molar-refractivity contribution in [2.45, 2.75) is 0 Å². The zero-order valence-corrected chi connectivity index (χ0v) is 16.7. The predicted octanol–water partition coefficient (Wildman–Crippen LogP) is 3.53. The second kappa shape index (κ2) is 10.2. The Morgan fingerprint density at radius 2 is 1.61 bits per heavy atom. The highest BCUT2D eigenvalue weighted by Crippen LogP contribution is 2.33. The quantitative estimate of drug-likeness (QED) is 0.517. The molecule has 1 N–H and O–H groups in total. The maximum Gasteiger partial charge on any atom is 0.344 e. The molecule has 28 heavy (non-hydrogen) atoms. The summed E-state index contributed by atoms with van der Waals surface area (Å²) in [5.74, 6) is -1.91. The molecule has 7 nitrogen and oxygen atoms in total. The number of benzene rings is 2. The topological polar surface area (TPSA) is 90.9 Å². The lowest BCUT2D eigenvalue weighted by molar-refractivity contribution is -0.150. The van der Waals surface area contributed by atoms with Crippen molar-refractivity contribution in [3.63, 3.8) is 0 Å². The van der Waals surface area contributed by atoms with E-state index in [1.165, 1.54) is 25.3 Å². The summed E-state index contributed by atoms with van der Waals surface area (Å²) in [6.45, 7) is -1.19. The normalized spacial score (nSPS) is 10.1. The second-order valence-electron chi connectivity index (χ2n) is 5.22. The zero-order chi connectivity index (χ0) is 20.7. The number of carbonyl (C=O) groups excluding carboxylic acids is 3. The number of methoxy groups -OCH3 is 1. The number of amides is 2. The summed E-state index contributed by atoms with van der Waals surface area (Å²) in [7, 11) is 1.40. The van der Waals surface area contributed by atoms with Crippen molar-refractivity contribution >= 4 is 52.6 Å². The highest BCUT2D eigenvalue weighted by molar-refractivity contribution is 6.43. The van der Waals surface area contributed by atoms with Crippen LogP contribution in [-0.4, -0.2) is 38.1 Å². The number of imide groups is 1. The van der Waals surface area contributed by atoms with Gasteiger partial charge in [0, 0.05) is 6.07 Å². The summed E-state index contributed by atoms with van der Waals surface area (Å²) in [5, 5.41) is 2.68. The fraction of sp³-hybridized carbons (Fsp3) is 0.167. The molecule has 0 saturated carbocycles. The van der Waals surface area contributed by atoms with Crippen LogP contribution >= 0.6 is 34.8 Å². The molecule has 2 amide bonds. The number of halogens is 3. The van der Waals surface area contributed by atoms with Crippen LogP contribution in [0, 0.1) is 0 Å². The Morgan fingerprint density at radius 3 is 2.32 bits per heavy atom. The van der Waals surface area contributed by atoms with Crippen molar-refractivity contribution in [1.29, 1.82) is 0 Å². The van der Waals surface area contributed by atoms with Gasteiger partial charge in [0.25, 0.3) is 11.8 Å². The van der Waals surface area contributed by atoms with Gasteiger partial charge in [0.05, 0.1) is 27.7 Å². The molecule has 2 aromatic carbocycles. The molecule has 2 rings (SSSR count). The van der Waals surface area contributed by atoms with Crippen LogP contribution in [0.15, 0.2) is 36.4 Å². The number of para-hydroxylation sites is 1. The van der Waals surface area contributed by atoms with E-state index >= 15 is 0 Å². The Balaban J connectivity index is 1.82. The van der Waals surface area contributed by atoms with Crippen molar-refractivity contribution in [1.82, 2.24) is 5.32 Å². The Hall–Kier alpha value is -2.48. The first-order valence-electron chi connectivity index (χ1n) is 7.72. The second-order valence-corrected chi connectivity index (χ2v) is 6.45. The fourth-order valence-corrected chi connectivity index (χ4v) is 2.59. The van der Waals surface area contributed by atoms with Gasteiger partial charge in [-0.25, -0.2) is 4.79 Å². The molecule has 0 aromatic heterocycles. The van der Waals surface area contributed by atoms with Crippen molar-refractivity contribution < 1.29 is 28.6 Å². The number of esters is 1. The Kier molecular flexibility index (Phi) is 7.92. The molecule has 0 aliphatic heterocycles. The summed E-state index contributed by atoms with van der Waals surface area (Å²) in [6.07, 6.45) is 0. The molecule has 0 bridgehead atoms. The third kappa shape index (κ3) is 6.02. The lowest BCUT2D eigenvalue weighted by atomic mass is 10.2. The van der Waals surface area contributed by atoms with Gasteiger partial charge in [-0.2, -0.15) is 0 Å². The largest absolute Gasteiger partial charge is 0.496 e. The first kappa shape index (κ1) is 21.8. The monoisotopic (exact) mass is 445 g/mol. The van der Waals surface area contributed by atoms with Crippen molar-refractivity contribution in [3.05, 3.63) is 57.0 Å². The Bertz CT molecular complexity index is 903. The number of hydrogen-bond acceptors (Lipinski definition) is 6. The minimum absolute atomic E-state index is 0.129. The molecule has 10 heteroatoms. The van der Waals surface area contributed by atoms with Crippen LogP contribution in [0.5, 0.6) is 11.5 Å². The molecule has 2 aromatic rings. The van der Waals surface area contributed by atoms with Crippen LogP contribution in [0.3, 0.4) is 0 Å². The molecule has 0 heterocycles. The first-order chi connectivity index (χ1) is 13.3. The maximum absolute atomic E-state index is 12.1. The van der Waals surface area contributed by atoms with Gasteiger partial charge in [-0.1, -0.05) is 46.9 Å². The van der Waals surface area contributed by atoms with Crippen molar-refractivity contribution in [2.75, 3.05) is 20.3 Å². The maximum atomic E-state index is 12.1. The number of carbonyl (C=O) groups is 3. The van der Waals surface area contributed by atoms with E-state index in [9.17, 15) is 14.4 Å². The van der Waals surface area contributed by atoms with E-state index in [0.717, 1.165) is 0 Å². The lowest BCUT2D eigenvalue weighted by Gasteiger charge is -2.10. The smallest absolute Gasteiger partial charge is 0.344 e. The summed E-state index contributed by atoms with van der Waals surface area (Å²) >= 11 is 17.6. The number of ether oxygens (including phenoxy) is 3. The number of nitrogens with one attached hydrogen (secondary N) is 1. The third-order valence-corrected chi connectivity index (χ3v) is 4.31. The SMILES string of the molecule is COc1ccccc1C(=O)NC(=O)COC(=O)COc1cc(Cl)c(Cl)cc1Cl. The predicted molar refractivity (Wildman–Crippen MR) is 103 cm³/mol. The van der Waals surface area contributed by atoms with Gasteiger partial charge in [-0.3, -0.25) is 14.9 Å². The summed E-state index contributed by atoms with van der Waals surface area (Å²) < 4.78 is 15.0. The molecule has 0 aliphatic carbocycles. The third-order valence-electron chi connectivity index (χ3n) is 3.29. The standard InChI is InChI=1S/C18H14Cl3NO6/c1-26-14-5-3-2-4-10(14)18(25)22-16(23)8-28-17(24)9-27-15-7-12(20)11(19)6-13(15)21/h2-7H,8-9H2,1H3,(H,22,23,25). The molecule has 0 unspecified atom stereocenters. The van der Waals surface area contributed by atoms with Crippen LogP contribution in [0.4, 0.5) is 0 Å². The van der Waals surface area contributed by atoms with E-state index in [4.69, 9.17) is 49.0 Å². The van der Waals surface area contributed by atoms with E-state index in [1.807, 2.05) is 0 Å². The molecule has 0 aliphatic rings. The lowest BCUT2D eigenvalue weighted by Crippen LogP contribution is -2.34. The van der Waals surface area contributed by atoms with Crippen LogP contribution in [0.1, 0.15) is 10.4 Å². The zero-order valence-electron chi connectivity index (χ0n) is 14.5. The average molecular weight is 447 g/mol. The van der Waals surface area contributed by atoms with Crippen LogP contribution in [0.25, 0.3) is 0 Å². The minimum Gasteiger partial charge on any atom is -0.496 e. The molecule has 0 spiro atoms. The van der Waals surface area contributed by atoms with E-state index in [1.54, 1.807) is 18.2 Å². The van der Waals surface area contributed by atoms with Crippen LogP contribution in [0.2, 0.25) is 15.1 Å². The van der Waals surface area contributed by atoms with Gasteiger partial charge in [0.2, 0.25) is 0 Å². The number of rotatable bonds is 7. The molecule has 0 radical (unpaired) electrons. The molecule has 0 fully saturated rings. The van der Waals surface area contributed by atoms with Gasteiger partial charge in [0.1, 0.15) is 11.5 Å². The fourth-order valence-electron chi connectivity index (χ4n) is 2.00. The molecule has 148 valence electrons. The Labute approximate surface area is 175 Å². The minimum atomic E-state index is -0.845. The van der Waals surface area contributed by atoms with E-state index in [-0.39, 0.29) is 26.4 Å². The van der Waals surface area contributed by atoms with Crippen molar-refractivity contribution in [3.8, 4) is 11.5 Å². The number of hydrogen-bond donors (Lipinski definition) is 1. The van der Waals surface area contributed by atoms with E-state index in [0.29, 0.717) is 5.75 Å². The van der Waals surface area contributed by atoms with Crippen molar-refractivity contribution in [2.24, 2.45) is 0 Å². The Morgan fingerprint density at radius 1 is 0.929 bits per heavy atom. The summed E-state index contributed by atoms with van der Waals surface area (Å²) in [5.41, 5.74) is 0.169. The summed E-state index contributed by atoms with van der Waals surface area (Å²) in [4.78, 5) is 35.6. The van der Waals surface area contributed by atoms with E-state index in [2.05, 4.69) is 5.32 Å². The average Bonchev–Trinajstić information content (AvgIpc) is 2.68. The molecular formula is C18H14Cl3NO6. The van der Waals surface area contributed by atoms with Gasteiger partial charge < -0.3 is 14.2 Å². The van der Waals surface area contributed by atoms with Gasteiger partial charge in [-0.15, -0.1) is 0 Å². The molecule has 0 saturated heterocycles. The van der Waals surface area contributed by atoms with E-state index < -0.39 is 31.0 Å².